The minimum atomic E-state index is -2.00. The lowest BCUT2D eigenvalue weighted by molar-refractivity contribution is 0.0550. The van der Waals surface area contributed by atoms with Crippen LogP contribution >= 0.6 is 0 Å². The molecule has 3 nitrogen and oxygen atoms in total. The molecule has 1 rings (SSSR count). The van der Waals surface area contributed by atoms with Crippen LogP contribution in [0, 0.1) is 0 Å². The molecule has 0 spiro atoms. The van der Waals surface area contributed by atoms with Gasteiger partial charge in [-0.3, -0.25) is 9.59 Å². The normalized spacial score (nSPS) is 13.1. The Bertz CT molecular complexity index is 554. The van der Waals surface area contributed by atoms with Crippen LogP contribution in [-0.2, 0) is 4.79 Å². The van der Waals surface area contributed by atoms with E-state index in [2.05, 4.69) is 6.92 Å². The van der Waals surface area contributed by atoms with E-state index in [0.717, 1.165) is 12.8 Å². The third kappa shape index (κ3) is 11.6. The zero-order valence-corrected chi connectivity index (χ0v) is 19.2. The maximum atomic E-state index is 12.4. The van der Waals surface area contributed by atoms with Crippen LogP contribution in [0.1, 0.15) is 126 Å². The fourth-order valence-electron chi connectivity index (χ4n) is 3.97. The summed E-state index contributed by atoms with van der Waals surface area (Å²) >= 11 is 0. The summed E-state index contributed by atoms with van der Waals surface area (Å²) in [5, 5.41) is 10.4. The van der Waals surface area contributed by atoms with Crippen LogP contribution in [0.15, 0.2) is 30.3 Å². The Hall–Kier alpha value is -1.48. The van der Waals surface area contributed by atoms with Gasteiger partial charge in [-0.15, -0.1) is 0 Å². The smallest absolute Gasteiger partial charge is 0.241 e. The van der Waals surface area contributed by atoms with E-state index in [9.17, 15) is 14.7 Å². The molecule has 0 saturated carbocycles. The van der Waals surface area contributed by atoms with Crippen LogP contribution in [0.5, 0.6) is 0 Å². The van der Waals surface area contributed by atoms with Crippen molar-refractivity contribution in [2.75, 3.05) is 0 Å². The van der Waals surface area contributed by atoms with Crippen LogP contribution in [0.2, 0.25) is 0 Å². The monoisotopic (exact) mass is 415 g/mol. The van der Waals surface area contributed by atoms with E-state index < -0.39 is 11.4 Å². The van der Waals surface area contributed by atoms with Gasteiger partial charge in [0, 0.05) is 5.56 Å². The molecule has 0 heterocycles. The lowest BCUT2D eigenvalue weighted by Crippen LogP contribution is -2.40. The summed E-state index contributed by atoms with van der Waals surface area (Å²) in [6.07, 6.45) is 22.0. The fraction of sp³-hybridized carbons (Fsp3) is 0.704. The number of Topliss-reactive ketones (excluding diaryl/α,β-unsaturated/α-hetero) is 1. The summed E-state index contributed by atoms with van der Waals surface area (Å²) in [5.74, 6) is -0.543. The molecule has 0 fully saturated rings. The van der Waals surface area contributed by atoms with E-state index in [0.29, 0.717) is 12.0 Å². The van der Waals surface area contributed by atoms with Gasteiger partial charge >= 0.3 is 0 Å². The molecule has 30 heavy (non-hydrogen) atoms. The Morgan fingerprint density at radius 2 is 1.13 bits per heavy atom. The van der Waals surface area contributed by atoms with Crippen molar-refractivity contribution < 1.29 is 14.7 Å². The molecule has 1 radical (unpaired) electrons. The van der Waals surface area contributed by atoms with Crippen molar-refractivity contribution >= 4 is 12.1 Å². The number of ketones is 1. The van der Waals surface area contributed by atoms with E-state index in [1.165, 1.54) is 83.5 Å². The van der Waals surface area contributed by atoms with Crippen molar-refractivity contribution in [3.8, 4) is 0 Å². The van der Waals surface area contributed by atoms with Gasteiger partial charge in [-0.2, -0.15) is 0 Å². The molecule has 0 amide bonds. The second-order valence-corrected chi connectivity index (χ2v) is 8.71. The van der Waals surface area contributed by atoms with Gasteiger partial charge in [0.2, 0.25) is 12.1 Å². The molecule has 0 bridgehead atoms. The Balaban J connectivity index is 1.97. The zero-order valence-electron chi connectivity index (χ0n) is 19.2. The number of rotatable bonds is 20. The van der Waals surface area contributed by atoms with E-state index in [1.54, 1.807) is 36.6 Å². The Kier molecular flexibility index (Phi) is 15.2. The van der Waals surface area contributed by atoms with E-state index in [1.807, 2.05) is 0 Å². The van der Waals surface area contributed by atoms with Gasteiger partial charge in [0.05, 0.1) is 0 Å². The lowest BCUT2D eigenvalue weighted by atomic mass is 9.89. The van der Waals surface area contributed by atoms with Gasteiger partial charge in [-0.05, 0) is 12.8 Å². The Labute approximate surface area is 184 Å². The highest BCUT2D eigenvalue weighted by Gasteiger charge is 2.36. The van der Waals surface area contributed by atoms with Gasteiger partial charge in [0.25, 0.3) is 0 Å². The molecule has 0 aliphatic heterocycles. The van der Waals surface area contributed by atoms with Crippen LogP contribution in [-0.4, -0.2) is 22.8 Å². The first-order valence-corrected chi connectivity index (χ1v) is 12.4. The van der Waals surface area contributed by atoms with Crippen molar-refractivity contribution in [3.63, 3.8) is 0 Å². The quantitative estimate of drug-likeness (QED) is 0.137. The number of carbonyl (C=O) groups is 1. The highest BCUT2D eigenvalue weighted by Crippen LogP contribution is 2.20. The molecule has 1 aromatic carbocycles. The molecule has 1 N–H and O–H groups in total. The first kappa shape index (κ1) is 26.6. The van der Waals surface area contributed by atoms with Crippen molar-refractivity contribution in [2.24, 2.45) is 0 Å². The fourth-order valence-corrected chi connectivity index (χ4v) is 3.97. The molecule has 1 unspecified atom stereocenters. The number of hydrogen-bond donors (Lipinski definition) is 1. The minimum absolute atomic E-state index is 0.155. The Morgan fingerprint density at radius 1 is 0.733 bits per heavy atom. The predicted octanol–water partition coefficient (Wildman–Crippen LogP) is 7.36. The topological polar surface area (TPSA) is 54.4 Å². The molecule has 1 aromatic rings. The molecule has 0 aromatic heterocycles. The molecular weight excluding hydrogens is 372 g/mol. The molecule has 0 aliphatic carbocycles. The SMILES string of the molecule is CCCCCCCCCCCCCCCCCCC(O)([C]=O)C(=O)c1ccccc1. The second-order valence-electron chi connectivity index (χ2n) is 8.71. The van der Waals surface area contributed by atoms with Crippen LogP contribution < -0.4 is 0 Å². The van der Waals surface area contributed by atoms with Crippen molar-refractivity contribution in [1.82, 2.24) is 0 Å². The third-order valence-electron chi connectivity index (χ3n) is 5.97. The molecule has 1 atom stereocenters. The van der Waals surface area contributed by atoms with Crippen LogP contribution in [0.4, 0.5) is 0 Å². The summed E-state index contributed by atoms with van der Waals surface area (Å²) in [5.41, 5.74) is -1.64. The minimum Gasteiger partial charge on any atom is -0.374 e. The van der Waals surface area contributed by atoms with Gasteiger partial charge < -0.3 is 5.11 Å². The van der Waals surface area contributed by atoms with Crippen LogP contribution in [0.3, 0.4) is 0 Å². The summed E-state index contributed by atoms with van der Waals surface area (Å²) in [7, 11) is 0. The van der Waals surface area contributed by atoms with E-state index >= 15 is 0 Å². The maximum Gasteiger partial charge on any atom is 0.241 e. The molecule has 3 heteroatoms. The van der Waals surface area contributed by atoms with Gasteiger partial charge in [-0.1, -0.05) is 134 Å². The molecule has 169 valence electrons. The lowest BCUT2D eigenvalue weighted by Gasteiger charge is -2.19. The molecular formula is C27H43O3. The van der Waals surface area contributed by atoms with Gasteiger partial charge in [0.15, 0.2) is 5.60 Å². The number of unbranched alkanes of at least 4 members (excludes halogenated alkanes) is 15. The molecule has 0 aliphatic rings. The maximum absolute atomic E-state index is 12.4. The van der Waals surface area contributed by atoms with Crippen molar-refractivity contribution in [1.29, 1.82) is 0 Å². The number of aliphatic hydroxyl groups is 1. The highest BCUT2D eigenvalue weighted by molar-refractivity contribution is 6.11. The molecule has 0 saturated heterocycles. The summed E-state index contributed by atoms with van der Waals surface area (Å²) < 4.78 is 0. The van der Waals surface area contributed by atoms with Crippen LogP contribution in [0.25, 0.3) is 0 Å². The Morgan fingerprint density at radius 3 is 1.53 bits per heavy atom. The number of carbonyl (C=O) groups excluding carboxylic acids is 2. The summed E-state index contributed by atoms with van der Waals surface area (Å²) in [6.45, 7) is 2.27. The number of benzene rings is 1. The summed E-state index contributed by atoms with van der Waals surface area (Å²) in [6, 6.07) is 8.51. The predicted molar refractivity (Wildman–Crippen MR) is 126 cm³/mol. The van der Waals surface area contributed by atoms with E-state index in [-0.39, 0.29) is 6.42 Å². The van der Waals surface area contributed by atoms with Gasteiger partial charge in [-0.25, -0.2) is 0 Å². The summed E-state index contributed by atoms with van der Waals surface area (Å²) in [4.78, 5) is 23.6. The van der Waals surface area contributed by atoms with Gasteiger partial charge in [0.1, 0.15) is 0 Å². The number of hydrogen-bond acceptors (Lipinski definition) is 3. The largest absolute Gasteiger partial charge is 0.374 e. The van der Waals surface area contributed by atoms with Crippen molar-refractivity contribution in [3.05, 3.63) is 35.9 Å². The first-order chi connectivity index (χ1) is 14.6. The first-order valence-electron chi connectivity index (χ1n) is 12.4. The average Bonchev–Trinajstić information content (AvgIpc) is 2.78. The van der Waals surface area contributed by atoms with Crippen molar-refractivity contribution in [2.45, 2.75) is 122 Å². The highest BCUT2D eigenvalue weighted by atomic mass is 16.3. The second kappa shape index (κ2) is 17.2. The third-order valence-corrected chi connectivity index (χ3v) is 5.97. The average molecular weight is 416 g/mol. The van der Waals surface area contributed by atoms with E-state index in [4.69, 9.17) is 0 Å². The zero-order chi connectivity index (χ0) is 21.9. The standard InChI is InChI=1S/C27H43O3/c1-2-3-4-5-6-7-8-9-10-11-12-13-14-15-16-20-23-27(30,24-28)26(29)25-21-18-17-19-22-25/h17-19,21-22,30H,2-16,20,23H2,1H3.